The minimum atomic E-state index is -4.45. The minimum absolute atomic E-state index is 0.111. The molecule has 26 heavy (non-hydrogen) atoms. The van der Waals surface area contributed by atoms with Crippen molar-refractivity contribution in [2.24, 2.45) is 0 Å². The molecule has 1 amide bonds. The molecule has 0 fully saturated rings. The molecule has 1 unspecified atom stereocenters. The fraction of sp³-hybridized carbons (Fsp3) is 0.278. The summed E-state index contributed by atoms with van der Waals surface area (Å²) in [5, 5.41) is 0. The molecule has 0 aliphatic rings. The molecule has 140 valence electrons. The predicted octanol–water partition coefficient (Wildman–Crippen LogP) is 4.58. The lowest BCUT2D eigenvalue weighted by Gasteiger charge is -2.25. The molecular formula is C18H16F5NO2. The van der Waals surface area contributed by atoms with E-state index in [-0.39, 0.29) is 5.75 Å². The summed E-state index contributed by atoms with van der Waals surface area (Å²) in [7, 11) is 1.46. The number of nitrogens with zero attached hydrogens (tertiary/aromatic N) is 1. The lowest BCUT2D eigenvalue weighted by atomic mass is 10.1. The summed E-state index contributed by atoms with van der Waals surface area (Å²) in [4.78, 5) is 13.4. The van der Waals surface area contributed by atoms with Crippen LogP contribution in [0.15, 0.2) is 42.5 Å². The van der Waals surface area contributed by atoms with E-state index in [2.05, 4.69) is 0 Å². The number of ether oxygens (including phenoxy) is 1. The van der Waals surface area contributed by atoms with Crippen molar-refractivity contribution in [1.29, 1.82) is 0 Å². The van der Waals surface area contributed by atoms with Gasteiger partial charge in [0, 0.05) is 7.05 Å². The number of hydrogen-bond acceptors (Lipinski definition) is 2. The lowest BCUT2D eigenvalue weighted by molar-refractivity contribution is -0.138. The van der Waals surface area contributed by atoms with Crippen LogP contribution in [0, 0.1) is 11.6 Å². The number of rotatable bonds is 5. The van der Waals surface area contributed by atoms with Gasteiger partial charge in [0.05, 0.1) is 11.6 Å². The molecule has 0 spiro atoms. The molecule has 0 N–H and O–H groups in total. The van der Waals surface area contributed by atoms with Crippen LogP contribution in [0.2, 0.25) is 0 Å². The van der Waals surface area contributed by atoms with E-state index in [4.69, 9.17) is 4.74 Å². The van der Waals surface area contributed by atoms with Crippen molar-refractivity contribution >= 4 is 5.91 Å². The number of halogens is 5. The number of carbonyl (C=O) groups excluding carboxylic acids is 1. The molecule has 0 saturated heterocycles. The highest BCUT2D eigenvalue weighted by atomic mass is 19.4. The Morgan fingerprint density at radius 3 is 2.23 bits per heavy atom. The average molecular weight is 373 g/mol. The van der Waals surface area contributed by atoms with Crippen molar-refractivity contribution in [2.75, 3.05) is 13.7 Å². The summed E-state index contributed by atoms with van der Waals surface area (Å²) in [6.45, 7) is 1.22. The van der Waals surface area contributed by atoms with E-state index in [0.29, 0.717) is 5.56 Å². The number of alkyl halides is 3. The summed E-state index contributed by atoms with van der Waals surface area (Å²) in [6.07, 6.45) is -4.45. The summed E-state index contributed by atoms with van der Waals surface area (Å²) < 4.78 is 69.0. The quantitative estimate of drug-likeness (QED) is 0.718. The predicted molar refractivity (Wildman–Crippen MR) is 84.5 cm³/mol. The third-order valence-corrected chi connectivity index (χ3v) is 3.94. The Labute approximate surface area is 147 Å². The molecule has 0 aromatic heterocycles. The Morgan fingerprint density at radius 1 is 1.08 bits per heavy atom. The highest BCUT2D eigenvalue weighted by Crippen LogP contribution is 2.30. The van der Waals surface area contributed by atoms with Crippen LogP contribution in [0.3, 0.4) is 0 Å². The van der Waals surface area contributed by atoms with Gasteiger partial charge in [-0.15, -0.1) is 0 Å². The molecule has 8 heteroatoms. The zero-order valence-electron chi connectivity index (χ0n) is 14.0. The van der Waals surface area contributed by atoms with Crippen molar-refractivity contribution in [3.8, 4) is 5.75 Å². The molecule has 2 aromatic rings. The Hall–Kier alpha value is -2.64. The van der Waals surface area contributed by atoms with Crippen LogP contribution in [-0.4, -0.2) is 24.5 Å². The Bertz CT molecular complexity index is 774. The average Bonchev–Trinajstić information content (AvgIpc) is 2.60. The van der Waals surface area contributed by atoms with Crippen LogP contribution in [0.25, 0.3) is 0 Å². The van der Waals surface area contributed by atoms with E-state index < -0.39 is 41.9 Å². The number of hydrogen-bond donors (Lipinski definition) is 0. The number of likely N-dealkylation sites (N-methyl/N-ethyl adjacent to an activating group) is 1. The second-order valence-electron chi connectivity index (χ2n) is 5.66. The van der Waals surface area contributed by atoms with Crippen molar-refractivity contribution in [3.05, 3.63) is 65.2 Å². The lowest BCUT2D eigenvalue weighted by Crippen LogP contribution is -2.33. The fourth-order valence-electron chi connectivity index (χ4n) is 2.20. The highest BCUT2D eigenvalue weighted by Gasteiger charge is 2.30. The molecule has 0 bridgehead atoms. The van der Waals surface area contributed by atoms with E-state index in [9.17, 15) is 26.7 Å². The van der Waals surface area contributed by atoms with Crippen LogP contribution < -0.4 is 4.74 Å². The van der Waals surface area contributed by atoms with Crippen molar-refractivity contribution in [3.63, 3.8) is 0 Å². The molecule has 3 nitrogen and oxygen atoms in total. The first kappa shape index (κ1) is 19.7. The maximum absolute atomic E-state index is 13.3. The maximum Gasteiger partial charge on any atom is 0.416 e. The molecule has 0 radical (unpaired) electrons. The SMILES string of the molecule is CC(c1ccc(F)c(F)c1)N(C)C(=O)COc1ccc(C(F)(F)F)cc1. The second-order valence-corrected chi connectivity index (χ2v) is 5.66. The molecule has 1 atom stereocenters. The summed E-state index contributed by atoms with van der Waals surface area (Å²) in [6, 6.07) is 6.74. The third-order valence-electron chi connectivity index (χ3n) is 3.94. The summed E-state index contributed by atoms with van der Waals surface area (Å²) in [5.74, 6) is -2.36. The number of carbonyl (C=O) groups is 1. The summed E-state index contributed by atoms with van der Waals surface area (Å²) in [5.41, 5.74) is -0.422. The van der Waals surface area contributed by atoms with Crippen LogP contribution >= 0.6 is 0 Å². The Balaban J connectivity index is 1.97. The molecular weight excluding hydrogens is 357 g/mol. The minimum Gasteiger partial charge on any atom is -0.484 e. The topological polar surface area (TPSA) is 29.5 Å². The van der Waals surface area contributed by atoms with E-state index in [1.165, 1.54) is 18.0 Å². The van der Waals surface area contributed by atoms with Gasteiger partial charge in [-0.25, -0.2) is 8.78 Å². The van der Waals surface area contributed by atoms with Gasteiger partial charge in [-0.2, -0.15) is 13.2 Å². The molecule has 0 saturated carbocycles. The standard InChI is InChI=1S/C18H16F5NO2/c1-11(12-3-8-15(19)16(20)9-12)24(2)17(25)10-26-14-6-4-13(5-7-14)18(21,22)23/h3-9,11H,10H2,1-2H3. The van der Waals surface area contributed by atoms with Gasteiger partial charge in [-0.1, -0.05) is 6.07 Å². The van der Waals surface area contributed by atoms with Gasteiger partial charge in [0.15, 0.2) is 18.2 Å². The second kappa shape index (κ2) is 7.72. The first-order chi connectivity index (χ1) is 12.1. The zero-order chi connectivity index (χ0) is 19.5. The fourth-order valence-corrected chi connectivity index (χ4v) is 2.20. The van der Waals surface area contributed by atoms with E-state index in [1.54, 1.807) is 6.92 Å². The van der Waals surface area contributed by atoms with Gasteiger partial charge in [0.1, 0.15) is 5.75 Å². The van der Waals surface area contributed by atoms with Gasteiger partial charge in [0.25, 0.3) is 5.91 Å². The Kier molecular flexibility index (Phi) is 5.84. The van der Waals surface area contributed by atoms with Crippen molar-refractivity contribution < 1.29 is 31.5 Å². The number of benzene rings is 2. The van der Waals surface area contributed by atoms with Crippen LogP contribution in [0.4, 0.5) is 22.0 Å². The molecule has 2 rings (SSSR count). The molecule has 0 aliphatic heterocycles. The molecule has 2 aromatic carbocycles. The maximum atomic E-state index is 13.3. The van der Waals surface area contributed by atoms with Crippen molar-refractivity contribution in [1.82, 2.24) is 4.90 Å². The summed E-state index contributed by atoms with van der Waals surface area (Å²) >= 11 is 0. The smallest absolute Gasteiger partial charge is 0.416 e. The first-order valence-electron chi connectivity index (χ1n) is 7.60. The highest BCUT2D eigenvalue weighted by molar-refractivity contribution is 5.78. The van der Waals surface area contributed by atoms with E-state index >= 15 is 0 Å². The van der Waals surface area contributed by atoms with Crippen LogP contribution in [0.5, 0.6) is 5.75 Å². The normalized spacial score (nSPS) is 12.6. The molecule has 0 heterocycles. The van der Waals surface area contributed by atoms with Gasteiger partial charge in [-0.3, -0.25) is 4.79 Å². The van der Waals surface area contributed by atoms with Crippen LogP contribution in [-0.2, 0) is 11.0 Å². The largest absolute Gasteiger partial charge is 0.484 e. The third kappa shape index (κ3) is 4.71. The zero-order valence-corrected chi connectivity index (χ0v) is 14.0. The van der Waals surface area contributed by atoms with Gasteiger partial charge in [-0.05, 0) is 48.9 Å². The Morgan fingerprint density at radius 2 is 1.69 bits per heavy atom. The van der Waals surface area contributed by atoms with E-state index in [0.717, 1.165) is 36.4 Å². The molecule has 0 aliphatic carbocycles. The van der Waals surface area contributed by atoms with Crippen molar-refractivity contribution in [2.45, 2.75) is 19.1 Å². The van der Waals surface area contributed by atoms with Gasteiger partial charge >= 0.3 is 6.18 Å². The van der Waals surface area contributed by atoms with Gasteiger partial charge in [0.2, 0.25) is 0 Å². The van der Waals surface area contributed by atoms with Crippen LogP contribution in [0.1, 0.15) is 24.1 Å². The monoisotopic (exact) mass is 373 g/mol. The van der Waals surface area contributed by atoms with Gasteiger partial charge < -0.3 is 9.64 Å². The number of amides is 1. The first-order valence-corrected chi connectivity index (χ1v) is 7.60. The van der Waals surface area contributed by atoms with E-state index in [1.807, 2.05) is 0 Å².